The lowest BCUT2D eigenvalue weighted by atomic mass is 10.1. The van der Waals surface area contributed by atoms with Crippen LogP contribution in [0.1, 0.15) is 18.1 Å². The fourth-order valence-electron chi connectivity index (χ4n) is 2.38. The molecule has 0 unspecified atom stereocenters. The summed E-state index contributed by atoms with van der Waals surface area (Å²) in [5.74, 6) is 1.05. The van der Waals surface area contributed by atoms with Gasteiger partial charge in [-0.2, -0.15) is 0 Å². The van der Waals surface area contributed by atoms with Gasteiger partial charge in [-0.1, -0.05) is 52.0 Å². The van der Waals surface area contributed by atoms with E-state index in [0.29, 0.717) is 33.9 Å². The van der Waals surface area contributed by atoms with Crippen LogP contribution < -0.4 is 14.8 Å². The highest BCUT2D eigenvalue weighted by Gasteiger charge is 2.22. The van der Waals surface area contributed by atoms with Crippen molar-refractivity contribution in [3.8, 4) is 11.5 Å². The van der Waals surface area contributed by atoms with Crippen LogP contribution in [0.2, 0.25) is 0 Å². The Balaban J connectivity index is 1.85. The van der Waals surface area contributed by atoms with Crippen LogP contribution in [0.5, 0.6) is 11.5 Å². The Morgan fingerprint density at radius 2 is 1.93 bits per heavy atom. The van der Waals surface area contributed by atoms with Gasteiger partial charge in [0.05, 0.1) is 16.0 Å². The highest BCUT2D eigenvalue weighted by atomic mass is 79.9. The molecule has 1 fully saturated rings. The van der Waals surface area contributed by atoms with E-state index in [4.69, 9.17) is 21.7 Å². The molecule has 2 aromatic carbocycles. The number of ether oxygens (including phenoxy) is 2. The van der Waals surface area contributed by atoms with Crippen molar-refractivity contribution in [1.29, 1.82) is 0 Å². The van der Waals surface area contributed by atoms with Crippen molar-refractivity contribution < 1.29 is 14.3 Å². The summed E-state index contributed by atoms with van der Waals surface area (Å²) in [7, 11) is 0. The monoisotopic (exact) mass is 527 g/mol. The lowest BCUT2D eigenvalue weighted by Crippen LogP contribution is -2.17. The average Bonchev–Trinajstić information content (AvgIpc) is 2.93. The van der Waals surface area contributed by atoms with Crippen LogP contribution in [0.4, 0.5) is 0 Å². The van der Waals surface area contributed by atoms with E-state index in [2.05, 4.69) is 37.2 Å². The maximum Gasteiger partial charge on any atom is 0.263 e. The first kappa shape index (κ1) is 20.4. The number of hydrogen-bond donors (Lipinski definition) is 1. The van der Waals surface area contributed by atoms with Crippen molar-refractivity contribution >= 4 is 72.1 Å². The molecule has 2 aromatic rings. The molecule has 0 aliphatic carbocycles. The molecule has 3 rings (SSSR count). The molecular formula is C19H15Br2NO3S2. The average molecular weight is 529 g/mol. The quantitative estimate of drug-likeness (QED) is 0.386. The maximum absolute atomic E-state index is 11.9. The van der Waals surface area contributed by atoms with E-state index in [0.717, 1.165) is 20.1 Å². The number of benzene rings is 2. The Bertz CT molecular complexity index is 914. The molecule has 0 bridgehead atoms. The highest BCUT2D eigenvalue weighted by Crippen LogP contribution is 2.39. The van der Waals surface area contributed by atoms with Crippen LogP contribution in [0, 0.1) is 0 Å². The number of carbonyl (C=O) groups is 1. The van der Waals surface area contributed by atoms with Gasteiger partial charge in [-0.25, -0.2) is 0 Å². The lowest BCUT2D eigenvalue weighted by molar-refractivity contribution is -0.115. The van der Waals surface area contributed by atoms with E-state index >= 15 is 0 Å². The second-order valence-corrected chi connectivity index (χ2v) is 9.02. The van der Waals surface area contributed by atoms with Gasteiger partial charge in [0.2, 0.25) is 0 Å². The van der Waals surface area contributed by atoms with Crippen molar-refractivity contribution in [2.75, 3.05) is 6.61 Å². The minimum atomic E-state index is -0.186. The summed E-state index contributed by atoms with van der Waals surface area (Å²) in [4.78, 5) is 12.4. The molecule has 0 saturated carbocycles. The van der Waals surface area contributed by atoms with Gasteiger partial charge in [0.1, 0.15) is 10.9 Å². The molecular weight excluding hydrogens is 514 g/mol. The summed E-state index contributed by atoms with van der Waals surface area (Å²) in [6.07, 6.45) is 1.78. The number of carbonyl (C=O) groups excluding carboxylic acids is 1. The van der Waals surface area contributed by atoms with E-state index < -0.39 is 0 Å². The maximum atomic E-state index is 11.9. The number of amides is 1. The van der Waals surface area contributed by atoms with E-state index in [-0.39, 0.29) is 5.91 Å². The van der Waals surface area contributed by atoms with E-state index in [1.807, 2.05) is 43.3 Å². The summed E-state index contributed by atoms with van der Waals surface area (Å²) < 4.78 is 14.0. The molecule has 1 aliphatic rings. The van der Waals surface area contributed by atoms with Crippen LogP contribution in [-0.2, 0) is 11.4 Å². The van der Waals surface area contributed by atoms with Gasteiger partial charge in [0.15, 0.2) is 11.5 Å². The van der Waals surface area contributed by atoms with E-state index in [9.17, 15) is 4.79 Å². The molecule has 1 saturated heterocycles. The van der Waals surface area contributed by atoms with Crippen LogP contribution >= 0.6 is 55.8 Å². The summed E-state index contributed by atoms with van der Waals surface area (Å²) in [5.41, 5.74) is 1.87. The Labute approximate surface area is 184 Å². The first-order valence-corrected chi connectivity index (χ1v) is 10.9. The Kier molecular flexibility index (Phi) is 6.97. The second kappa shape index (κ2) is 9.23. The molecule has 1 aliphatic heterocycles. The molecule has 0 spiro atoms. The van der Waals surface area contributed by atoms with Crippen molar-refractivity contribution in [1.82, 2.24) is 5.32 Å². The van der Waals surface area contributed by atoms with Crippen molar-refractivity contribution in [3.63, 3.8) is 0 Å². The third kappa shape index (κ3) is 5.34. The topological polar surface area (TPSA) is 47.6 Å². The lowest BCUT2D eigenvalue weighted by Gasteiger charge is -2.15. The summed E-state index contributed by atoms with van der Waals surface area (Å²) in [6, 6.07) is 11.7. The van der Waals surface area contributed by atoms with Gasteiger partial charge in [-0.05, 0) is 64.3 Å². The van der Waals surface area contributed by atoms with Crippen molar-refractivity contribution in [2.45, 2.75) is 13.5 Å². The number of rotatable bonds is 6. The minimum Gasteiger partial charge on any atom is -0.490 e. The van der Waals surface area contributed by atoms with Crippen molar-refractivity contribution in [2.24, 2.45) is 0 Å². The van der Waals surface area contributed by atoms with Gasteiger partial charge in [0, 0.05) is 4.47 Å². The molecule has 0 atom stereocenters. The van der Waals surface area contributed by atoms with Crippen molar-refractivity contribution in [3.05, 3.63) is 61.4 Å². The number of thiocarbonyl (C=S) groups is 1. The number of hydrogen-bond acceptors (Lipinski definition) is 5. The molecule has 4 nitrogen and oxygen atoms in total. The Morgan fingerprint density at radius 3 is 2.56 bits per heavy atom. The Hall–Kier alpha value is -1.35. The van der Waals surface area contributed by atoms with Crippen LogP contribution in [0.3, 0.4) is 0 Å². The smallest absolute Gasteiger partial charge is 0.263 e. The summed E-state index contributed by atoms with van der Waals surface area (Å²) >= 11 is 13.3. The molecule has 1 N–H and O–H groups in total. The number of halogens is 2. The normalized spacial score (nSPS) is 15.1. The zero-order chi connectivity index (χ0) is 19.4. The summed E-state index contributed by atoms with van der Waals surface area (Å²) in [6.45, 7) is 2.83. The fourth-order valence-corrected chi connectivity index (χ4v) is 4.27. The minimum absolute atomic E-state index is 0.186. The molecule has 1 amide bonds. The predicted octanol–water partition coefficient (Wildman–Crippen LogP) is 5.68. The second-order valence-electron chi connectivity index (χ2n) is 5.53. The first-order valence-electron chi connectivity index (χ1n) is 8.04. The third-order valence-electron chi connectivity index (χ3n) is 3.57. The molecule has 0 aromatic heterocycles. The van der Waals surface area contributed by atoms with Crippen LogP contribution in [-0.4, -0.2) is 16.8 Å². The number of thioether (sulfide) groups is 1. The summed E-state index contributed by atoms with van der Waals surface area (Å²) in [5, 5.41) is 2.61. The number of nitrogens with one attached hydrogen (secondary N) is 1. The van der Waals surface area contributed by atoms with Gasteiger partial charge >= 0.3 is 0 Å². The van der Waals surface area contributed by atoms with Crippen LogP contribution in [0.15, 0.2) is 50.2 Å². The fraction of sp³-hybridized carbons (Fsp3) is 0.158. The van der Waals surface area contributed by atoms with Gasteiger partial charge in [-0.15, -0.1) is 0 Å². The predicted molar refractivity (Wildman–Crippen MR) is 120 cm³/mol. The zero-order valence-electron chi connectivity index (χ0n) is 14.3. The van der Waals surface area contributed by atoms with E-state index in [1.54, 1.807) is 6.08 Å². The largest absolute Gasteiger partial charge is 0.490 e. The molecule has 27 heavy (non-hydrogen) atoms. The standard InChI is InChI=1S/C19H15Br2NO3S2/c1-2-24-15-8-12(9-16-18(23)22-19(26)27-16)7-14(21)17(15)25-10-11-3-5-13(20)6-4-11/h3-9H,2,10H2,1H3,(H,22,23,26)/b16-9-. The molecule has 1 heterocycles. The zero-order valence-corrected chi connectivity index (χ0v) is 19.1. The Morgan fingerprint density at radius 1 is 1.19 bits per heavy atom. The molecule has 0 radical (unpaired) electrons. The van der Waals surface area contributed by atoms with Gasteiger partial charge in [0.25, 0.3) is 5.91 Å². The van der Waals surface area contributed by atoms with E-state index in [1.165, 1.54) is 11.8 Å². The third-order valence-corrected chi connectivity index (χ3v) is 5.85. The SMILES string of the molecule is CCOc1cc(/C=C2\SC(=S)NC2=O)cc(Br)c1OCc1ccc(Br)cc1. The van der Waals surface area contributed by atoms with Gasteiger partial charge < -0.3 is 14.8 Å². The van der Waals surface area contributed by atoms with Gasteiger partial charge in [-0.3, -0.25) is 4.79 Å². The molecule has 8 heteroatoms. The highest BCUT2D eigenvalue weighted by molar-refractivity contribution is 9.10. The van der Waals surface area contributed by atoms with Crippen LogP contribution in [0.25, 0.3) is 6.08 Å². The first-order chi connectivity index (χ1) is 13.0. The molecule has 140 valence electrons.